The Bertz CT molecular complexity index is 441. The van der Waals surface area contributed by atoms with Crippen LogP contribution in [0.1, 0.15) is 64.2 Å². The minimum Gasteiger partial charge on any atom is -0.481 e. The number of carbonyl (C=O) groups is 2. The molecular formula is C16H24N2O3. The van der Waals surface area contributed by atoms with Crippen molar-refractivity contribution in [3.63, 3.8) is 0 Å². The molecule has 5 heteroatoms. The van der Waals surface area contributed by atoms with E-state index in [1.54, 1.807) is 0 Å². The van der Waals surface area contributed by atoms with E-state index in [4.69, 9.17) is 5.11 Å². The molecule has 2 aliphatic rings. The number of amides is 1. The number of carboxylic acids is 1. The van der Waals surface area contributed by atoms with E-state index >= 15 is 0 Å². The van der Waals surface area contributed by atoms with Crippen molar-refractivity contribution in [3.05, 3.63) is 0 Å². The van der Waals surface area contributed by atoms with Gasteiger partial charge in [0, 0.05) is 6.54 Å². The number of nitrogens with one attached hydrogen (secondary N) is 1. The third-order valence-corrected chi connectivity index (χ3v) is 5.17. The lowest BCUT2D eigenvalue weighted by Crippen LogP contribution is -2.45. The molecule has 0 aromatic carbocycles. The van der Waals surface area contributed by atoms with Crippen molar-refractivity contribution in [2.24, 2.45) is 10.8 Å². The molecule has 2 saturated carbocycles. The predicted molar refractivity (Wildman–Crippen MR) is 77.3 cm³/mol. The highest BCUT2D eigenvalue weighted by atomic mass is 16.4. The van der Waals surface area contributed by atoms with Gasteiger partial charge in [-0.1, -0.05) is 32.1 Å². The van der Waals surface area contributed by atoms with Gasteiger partial charge in [-0.3, -0.25) is 9.59 Å². The van der Waals surface area contributed by atoms with Crippen LogP contribution < -0.4 is 5.32 Å². The van der Waals surface area contributed by atoms with E-state index in [0.717, 1.165) is 44.9 Å². The van der Waals surface area contributed by atoms with E-state index in [1.165, 1.54) is 0 Å². The van der Waals surface area contributed by atoms with Crippen molar-refractivity contribution >= 4 is 11.9 Å². The largest absolute Gasteiger partial charge is 0.481 e. The molecule has 0 spiro atoms. The average molecular weight is 292 g/mol. The quantitative estimate of drug-likeness (QED) is 0.815. The summed E-state index contributed by atoms with van der Waals surface area (Å²) in [6.45, 7) is 0.390. The number of hydrogen-bond donors (Lipinski definition) is 2. The number of rotatable bonds is 5. The lowest BCUT2D eigenvalue weighted by molar-refractivity contribution is -0.141. The van der Waals surface area contributed by atoms with Gasteiger partial charge in [0.1, 0.15) is 5.41 Å². The third kappa shape index (κ3) is 3.55. The Morgan fingerprint density at radius 1 is 1.05 bits per heavy atom. The average Bonchev–Trinajstić information content (AvgIpc) is 2.95. The van der Waals surface area contributed by atoms with Crippen LogP contribution in [0.5, 0.6) is 0 Å². The molecule has 21 heavy (non-hydrogen) atoms. The minimum absolute atomic E-state index is 0.104. The van der Waals surface area contributed by atoms with Gasteiger partial charge < -0.3 is 10.4 Å². The number of aliphatic carboxylic acids is 1. The summed E-state index contributed by atoms with van der Waals surface area (Å²) >= 11 is 0. The van der Waals surface area contributed by atoms with Gasteiger partial charge in [-0.25, -0.2) is 0 Å². The van der Waals surface area contributed by atoms with Crippen molar-refractivity contribution in [2.75, 3.05) is 6.54 Å². The van der Waals surface area contributed by atoms with Crippen LogP contribution in [0.4, 0.5) is 0 Å². The van der Waals surface area contributed by atoms with Crippen molar-refractivity contribution < 1.29 is 14.7 Å². The second-order valence-electron chi connectivity index (χ2n) is 6.71. The zero-order chi connectivity index (χ0) is 15.3. The standard InChI is InChI=1S/C16H24N2O3/c17-11-16(8-4-5-9-16)14(21)18-12-15(10-13(19)20)6-2-1-3-7-15/h1-10,12H2,(H,18,21)(H,19,20). The van der Waals surface area contributed by atoms with Crippen LogP contribution >= 0.6 is 0 Å². The summed E-state index contributed by atoms with van der Waals surface area (Å²) in [6, 6.07) is 2.19. The highest BCUT2D eigenvalue weighted by Crippen LogP contribution is 2.40. The maximum absolute atomic E-state index is 12.4. The van der Waals surface area contributed by atoms with E-state index in [-0.39, 0.29) is 17.7 Å². The lowest BCUT2D eigenvalue weighted by Gasteiger charge is -2.37. The second-order valence-corrected chi connectivity index (χ2v) is 6.71. The molecule has 2 aliphatic carbocycles. The van der Waals surface area contributed by atoms with E-state index in [2.05, 4.69) is 11.4 Å². The monoisotopic (exact) mass is 292 g/mol. The Morgan fingerprint density at radius 2 is 1.62 bits per heavy atom. The Kier molecular flexibility index (Phi) is 4.87. The molecule has 0 saturated heterocycles. The Balaban J connectivity index is 1.99. The topological polar surface area (TPSA) is 90.2 Å². The number of carboxylic acid groups (broad SMARTS) is 1. The van der Waals surface area contributed by atoms with Gasteiger partial charge in [0.2, 0.25) is 5.91 Å². The molecule has 0 aliphatic heterocycles. The van der Waals surface area contributed by atoms with Gasteiger partial charge in [0.05, 0.1) is 12.5 Å². The van der Waals surface area contributed by atoms with Crippen LogP contribution in [0.3, 0.4) is 0 Å². The molecule has 0 aromatic heterocycles. The molecule has 5 nitrogen and oxygen atoms in total. The first-order valence-corrected chi connectivity index (χ1v) is 7.93. The summed E-state index contributed by atoms with van der Waals surface area (Å²) < 4.78 is 0. The second kappa shape index (κ2) is 6.46. The zero-order valence-corrected chi connectivity index (χ0v) is 12.5. The SMILES string of the molecule is N#CC1(C(=O)NCC2(CC(=O)O)CCCCC2)CCCC1. The number of carbonyl (C=O) groups excluding carboxylic acids is 1. The summed E-state index contributed by atoms with van der Waals surface area (Å²) in [7, 11) is 0. The first kappa shape index (κ1) is 15.8. The maximum Gasteiger partial charge on any atom is 0.303 e. The maximum atomic E-state index is 12.4. The van der Waals surface area contributed by atoms with E-state index in [1.807, 2.05) is 0 Å². The van der Waals surface area contributed by atoms with Crippen molar-refractivity contribution in [1.82, 2.24) is 5.32 Å². The lowest BCUT2D eigenvalue weighted by atomic mass is 9.71. The van der Waals surface area contributed by atoms with Gasteiger partial charge in [-0.15, -0.1) is 0 Å². The van der Waals surface area contributed by atoms with E-state index < -0.39 is 11.4 Å². The molecule has 0 aromatic rings. The first-order chi connectivity index (χ1) is 10.0. The zero-order valence-electron chi connectivity index (χ0n) is 12.5. The van der Waals surface area contributed by atoms with Crippen molar-refractivity contribution in [1.29, 1.82) is 5.26 Å². The number of hydrogen-bond acceptors (Lipinski definition) is 3. The third-order valence-electron chi connectivity index (χ3n) is 5.17. The molecule has 0 radical (unpaired) electrons. The smallest absolute Gasteiger partial charge is 0.303 e. The highest BCUT2D eigenvalue weighted by Gasteiger charge is 2.43. The normalized spacial score (nSPS) is 23.2. The number of nitrogens with zero attached hydrogens (tertiary/aromatic N) is 1. The predicted octanol–water partition coefficient (Wildman–Crippen LogP) is 2.61. The summed E-state index contributed by atoms with van der Waals surface area (Å²) in [5.74, 6) is -1.00. The van der Waals surface area contributed by atoms with Gasteiger partial charge in [-0.05, 0) is 31.1 Å². The van der Waals surface area contributed by atoms with Crippen LogP contribution in [-0.4, -0.2) is 23.5 Å². The Morgan fingerprint density at radius 3 is 2.14 bits per heavy atom. The van der Waals surface area contributed by atoms with Crippen LogP contribution in [0, 0.1) is 22.2 Å². The summed E-state index contributed by atoms with van der Waals surface area (Å²) in [5, 5.41) is 21.4. The van der Waals surface area contributed by atoms with Crippen LogP contribution in [0.15, 0.2) is 0 Å². The van der Waals surface area contributed by atoms with Gasteiger partial charge in [0.25, 0.3) is 0 Å². The van der Waals surface area contributed by atoms with E-state index in [9.17, 15) is 14.9 Å². The highest BCUT2D eigenvalue weighted by molar-refractivity contribution is 5.85. The molecule has 2 N–H and O–H groups in total. The summed E-state index contributed by atoms with van der Waals surface area (Å²) in [6.07, 6.45) is 8.06. The van der Waals surface area contributed by atoms with Gasteiger partial charge >= 0.3 is 5.97 Å². The van der Waals surface area contributed by atoms with Crippen molar-refractivity contribution in [2.45, 2.75) is 64.2 Å². The molecule has 2 fully saturated rings. The van der Waals surface area contributed by atoms with Gasteiger partial charge in [0.15, 0.2) is 0 Å². The summed E-state index contributed by atoms with van der Waals surface area (Å²) in [4.78, 5) is 23.5. The molecule has 116 valence electrons. The van der Waals surface area contributed by atoms with Crippen LogP contribution in [0.2, 0.25) is 0 Å². The molecule has 2 rings (SSSR count). The van der Waals surface area contributed by atoms with E-state index in [0.29, 0.717) is 19.4 Å². The Hall–Kier alpha value is -1.57. The molecular weight excluding hydrogens is 268 g/mol. The number of nitriles is 1. The van der Waals surface area contributed by atoms with Crippen LogP contribution in [-0.2, 0) is 9.59 Å². The molecule has 0 unspecified atom stereocenters. The first-order valence-electron chi connectivity index (χ1n) is 7.93. The fraction of sp³-hybridized carbons (Fsp3) is 0.812. The van der Waals surface area contributed by atoms with Crippen LogP contribution in [0.25, 0.3) is 0 Å². The molecule has 0 heterocycles. The molecule has 0 atom stereocenters. The Labute approximate surface area is 125 Å². The fourth-order valence-electron chi connectivity index (χ4n) is 3.84. The van der Waals surface area contributed by atoms with Gasteiger partial charge in [-0.2, -0.15) is 5.26 Å². The molecule has 0 bridgehead atoms. The van der Waals surface area contributed by atoms with Crippen molar-refractivity contribution in [3.8, 4) is 6.07 Å². The fourth-order valence-corrected chi connectivity index (χ4v) is 3.84. The minimum atomic E-state index is -0.876. The summed E-state index contributed by atoms with van der Waals surface area (Å²) in [5.41, 5.74) is -1.20. The molecule has 1 amide bonds.